The van der Waals surface area contributed by atoms with Crippen LogP contribution in [0.5, 0.6) is 0 Å². The molecule has 9 heteroatoms. The predicted octanol–water partition coefficient (Wildman–Crippen LogP) is -3.25. The van der Waals surface area contributed by atoms with Gasteiger partial charge < -0.3 is 16.5 Å². The third-order valence-corrected chi connectivity index (χ3v) is 6.58. The Morgan fingerprint density at radius 2 is 1.56 bits per heavy atom. The average Bonchev–Trinajstić information content (AvgIpc) is 1.79. The normalized spacial score (nSPS) is 39.0. The van der Waals surface area contributed by atoms with Crippen molar-refractivity contribution in [2.24, 2.45) is 0 Å². The molecule has 54 valence electrons. The van der Waals surface area contributed by atoms with Gasteiger partial charge in [-0.05, 0) is 0 Å². The SMILES string of the molecule is F[SiH]1O[SiH2]O[SiH2]O[SiH2]O1. The second-order valence-electron chi connectivity index (χ2n) is 1.37. The molecule has 1 aliphatic heterocycles. The maximum absolute atomic E-state index is 12.2. The van der Waals surface area contributed by atoms with Crippen LogP contribution in [0, 0.1) is 0 Å². The van der Waals surface area contributed by atoms with E-state index >= 15 is 0 Å². The molecule has 0 amide bonds. The zero-order valence-electron chi connectivity index (χ0n) is 4.71. The van der Waals surface area contributed by atoms with Crippen molar-refractivity contribution in [1.82, 2.24) is 0 Å². The van der Waals surface area contributed by atoms with Crippen molar-refractivity contribution in [2.75, 3.05) is 0 Å². The van der Waals surface area contributed by atoms with Crippen LogP contribution in [0.1, 0.15) is 0 Å². The maximum Gasteiger partial charge on any atom is 0.505 e. The van der Waals surface area contributed by atoms with Gasteiger partial charge in [-0.15, -0.1) is 0 Å². The summed E-state index contributed by atoms with van der Waals surface area (Å²) in [5.74, 6) is 0. The van der Waals surface area contributed by atoms with Crippen molar-refractivity contribution in [2.45, 2.75) is 0 Å². The maximum atomic E-state index is 12.2. The third kappa shape index (κ3) is 3.36. The average molecular weight is 202 g/mol. The van der Waals surface area contributed by atoms with Crippen molar-refractivity contribution in [3.63, 3.8) is 0 Å². The molecule has 1 saturated heterocycles. The molecular weight excluding hydrogens is 195 g/mol. The van der Waals surface area contributed by atoms with Crippen molar-refractivity contribution in [3.8, 4) is 0 Å². The van der Waals surface area contributed by atoms with Crippen LogP contribution in [-0.4, -0.2) is 39.6 Å². The monoisotopic (exact) mass is 202 g/mol. The van der Waals surface area contributed by atoms with E-state index in [1.54, 1.807) is 0 Å². The largest absolute Gasteiger partial charge is 0.505 e. The highest BCUT2D eigenvalue weighted by molar-refractivity contribution is 6.55. The molecule has 0 aromatic carbocycles. The van der Waals surface area contributed by atoms with E-state index in [9.17, 15) is 4.11 Å². The van der Waals surface area contributed by atoms with E-state index in [0.717, 1.165) is 0 Å². The summed E-state index contributed by atoms with van der Waals surface area (Å²) in [6.07, 6.45) is 0. The smallest absolute Gasteiger partial charge is 0.425 e. The molecule has 0 saturated carbocycles. The lowest BCUT2D eigenvalue weighted by Gasteiger charge is -2.13. The number of hydrogen-bond acceptors (Lipinski definition) is 4. The van der Waals surface area contributed by atoms with Crippen LogP contribution in [0.25, 0.3) is 0 Å². The van der Waals surface area contributed by atoms with Crippen LogP contribution in [0.15, 0.2) is 0 Å². The van der Waals surface area contributed by atoms with Gasteiger partial charge in [0.1, 0.15) is 0 Å². The lowest BCUT2D eigenvalue weighted by Crippen LogP contribution is -2.29. The summed E-state index contributed by atoms with van der Waals surface area (Å²) in [4.78, 5) is 0. The van der Waals surface area contributed by atoms with E-state index in [0.29, 0.717) is 0 Å². The molecule has 0 spiro atoms. The molecular formula is H7FO4Si4. The lowest BCUT2D eigenvalue weighted by atomic mass is 15.7. The Morgan fingerprint density at radius 3 is 2.11 bits per heavy atom. The van der Waals surface area contributed by atoms with Crippen molar-refractivity contribution in [1.29, 1.82) is 0 Å². The van der Waals surface area contributed by atoms with Gasteiger partial charge in [-0.1, -0.05) is 0 Å². The summed E-state index contributed by atoms with van der Waals surface area (Å²) in [6, 6.07) is 0. The minimum absolute atomic E-state index is 0.842. The second kappa shape index (κ2) is 4.45. The highest BCUT2D eigenvalue weighted by Gasteiger charge is 2.13. The Balaban J connectivity index is 2.12. The van der Waals surface area contributed by atoms with Gasteiger partial charge in [0.2, 0.25) is 0 Å². The zero-order valence-corrected chi connectivity index (χ0v) is 10.1. The molecule has 9 heavy (non-hydrogen) atoms. The minimum atomic E-state index is -2.77. The molecule has 0 bridgehead atoms. The minimum Gasteiger partial charge on any atom is -0.425 e. The van der Waals surface area contributed by atoms with Gasteiger partial charge >= 0.3 is 9.62 Å². The third-order valence-electron chi connectivity index (χ3n) is 0.731. The fraction of sp³-hybridized carbons (Fsp3) is 0. The van der Waals surface area contributed by atoms with Gasteiger partial charge in [-0.25, -0.2) is 4.11 Å². The molecule has 1 heterocycles. The van der Waals surface area contributed by atoms with Gasteiger partial charge in [0, 0.05) is 0 Å². The van der Waals surface area contributed by atoms with Crippen molar-refractivity contribution in [3.05, 3.63) is 0 Å². The van der Waals surface area contributed by atoms with Gasteiger partial charge in [0.25, 0.3) is 30.0 Å². The standard InChI is InChI=1S/FH7O4Si4/c1-9-4-7-2-6-3-8-5-9/h9H,6-8H2. The van der Waals surface area contributed by atoms with E-state index in [2.05, 4.69) is 8.23 Å². The predicted molar refractivity (Wildman–Crippen MR) is 38.2 cm³/mol. The van der Waals surface area contributed by atoms with Crippen molar-refractivity contribution < 1.29 is 20.6 Å². The number of halogens is 1. The van der Waals surface area contributed by atoms with Crippen LogP contribution >= 0.6 is 0 Å². The Labute approximate surface area is 60.8 Å². The molecule has 0 N–H and O–H groups in total. The van der Waals surface area contributed by atoms with Crippen LogP contribution in [0.4, 0.5) is 4.11 Å². The first-order chi connectivity index (χ1) is 4.39. The van der Waals surface area contributed by atoms with Crippen LogP contribution in [-0.2, 0) is 16.5 Å². The lowest BCUT2D eigenvalue weighted by molar-refractivity contribution is 0.294. The fourth-order valence-corrected chi connectivity index (χ4v) is 7.06. The molecule has 1 rings (SSSR count). The molecule has 4 nitrogen and oxygen atoms in total. The van der Waals surface area contributed by atoms with Crippen molar-refractivity contribution >= 4 is 39.6 Å². The summed E-state index contributed by atoms with van der Waals surface area (Å²) in [5.41, 5.74) is 0. The quantitative estimate of drug-likeness (QED) is 0.305. The first-order valence-electron chi connectivity index (χ1n) is 2.42. The fourth-order valence-electron chi connectivity index (χ4n) is 0.378. The molecule has 0 atom stereocenters. The zero-order chi connectivity index (χ0) is 6.53. The van der Waals surface area contributed by atoms with Gasteiger partial charge in [-0.2, -0.15) is 0 Å². The van der Waals surface area contributed by atoms with Crippen LogP contribution in [0.3, 0.4) is 0 Å². The summed E-state index contributed by atoms with van der Waals surface area (Å²) >= 11 is 0. The Hall–Kier alpha value is 0.638. The first-order valence-corrected chi connectivity index (χ1v) is 7.27. The van der Waals surface area contributed by atoms with Crippen LogP contribution in [0.2, 0.25) is 0 Å². The van der Waals surface area contributed by atoms with E-state index in [1.807, 2.05) is 0 Å². The molecule has 0 aromatic rings. The topological polar surface area (TPSA) is 36.9 Å². The summed E-state index contributed by atoms with van der Waals surface area (Å²) in [7, 11) is -5.77. The molecule has 0 unspecified atom stereocenters. The van der Waals surface area contributed by atoms with E-state index < -0.39 is 39.6 Å². The van der Waals surface area contributed by atoms with Gasteiger partial charge in [0.15, 0.2) is 0 Å². The van der Waals surface area contributed by atoms with Gasteiger partial charge in [0.05, 0.1) is 0 Å². The van der Waals surface area contributed by atoms with E-state index in [1.165, 1.54) is 0 Å². The number of rotatable bonds is 0. The molecule has 1 aliphatic rings. The second-order valence-corrected chi connectivity index (χ2v) is 8.56. The Kier molecular flexibility index (Phi) is 3.83. The van der Waals surface area contributed by atoms with E-state index in [-0.39, 0.29) is 0 Å². The summed E-state index contributed by atoms with van der Waals surface area (Å²) in [6.45, 7) is 0. The highest BCUT2D eigenvalue weighted by atomic mass is 28.5. The number of hydrogen-bond donors (Lipinski definition) is 0. The summed E-state index contributed by atoms with van der Waals surface area (Å²) in [5, 5.41) is 0. The Bertz CT molecular complexity index is 71.0. The molecule has 1 fully saturated rings. The highest BCUT2D eigenvalue weighted by Crippen LogP contribution is 1.91. The molecule has 0 radical (unpaired) electrons. The summed E-state index contributed by atoms with van der Waals surface area (Å²) < 4.78 is 31.4. The van der Waals surface area contributed by atoms with Gasteiger partial charge in [-0.3, -0.25) is 0 Å². The first kappa shape index (κ1) is 7.74. The molecule has 0 aromatic heterocycles. The van der Waals surface area contributed by atoms with Crippen LogP contribution < -0.4 is 0 Å². The molecule has 0 aliphatic carbocycles. The Morgan fingerprint density at radius 1 is 1.00 bits per heavy atom. The van der Waals surface area contributed by atoms with E-state index in [4.69, 9.17) is 8.23 Å².